The van der Waals surface area contributed by atoms with E-state index in [2.05, 4.69) is 131 Å². The normalized spacial score (nSPS) is 14.0. The summed E-state index contributed by atoms with van der Waals surface area (Å²) in [5.74, 6) is 0. The second-order valence-corrected chi connectivity index (χ2v) is 9.54. The van der Waals surface area contributed by atoms with Crippen molar-refractivity contribution in [3.05, 3.63) is 142 Å². The first-order valence-corrected chi connectivity index (χ1v) is 11.8. The Labute approximate surface area is 196 Å². The molecule has 5 aromatic carbocycles. The van der Waals surface area contributed by atoms with E-state index in [-0.39, 0.29) is 5.41 Å². The minimum absolute atomic E-state index is 0.299. The minimum Gasteiger partial charge on any atom is -0.0622 e. The number of hydrogen-bond donors (Lipinski definition) is 0. The molecular formula is C31H19Br. The van der Waals surface area contributed by atoms with Gasteiger partial charge in [-0.15, -0.1) is 0 Å². The molecule has 0 nitrogen and oxygen atoms in total. The summed E-state index contributed by atoms with van der Waals surface area (Å²) in [7, 11) is 0. The van der Waals surface area contributed by atoms with Gasteiger partial charge in [0.15, 0.2) is 0 Å². The molecule has 0 saturated heterocycles. The van der Waals surface area contributed by atoms with Crippen LogP contribution in [0.25, 0.3) is 33.4 Å². The lowest BCUT2D eigenvalue weighted by Gasteiger charge is -2.30. The monoisotopic (exact) mass is 470 g/mol. The Morgan fingerprint density at radius 2 is 1.03 bits per heavy atom. The van der Waals surface area contributed by atoms with Gasteiger partial charge in [-0.3, -0.25) is 0 Å². The van der Waals surface area contributed by atoms with Gasteiger partial charge in [0.1, 0.15) is 0 Å². The predicted octanol–water partition coefficient (Wildman–Crippen LogP) is 8.46. The predicted molar refractivity (Wildman–Crippen MR) is 136 cm³/mol. The Balaban J connectivity index is 1.69. The average molecular weight is 471 g/mol. The second-order valence-electron chi connectivity index (χ2n) is 8.63. The van der Waals surface area contributed by atoms with Crippen LogP contribution >= 0.6 is 15.9 Å². The fraction of sp³-hybridized carbons (Fsp3) is 0.0323. The van der Waals surface area contributed by atoms with Crippen LogP contribution < -0.4 is 0 Å². The zero-order valence-electron chi connectivity index (χ0n) is 17.3. The van der Waals surface area contributed by atoms with E-state index in [0.29, 0.717) is 0 Å². The molecule has 0 atom stereocenters. The van der Waals surface area contributed by atoms with Gasteiger partial charge in [0.05, 0.1) is 5.41 Å². The minimum atomic E-state index is -0.299. The highest BCUT2D eigenvalue weighted by Gasteiger charge is 2.52. The standard InChI is InChI=1S/C31H19Br/c32-21-17-18-25-29(19-21)31(26-14-6-4-11-23(26)24-12-5-7-15-27(24)31)28-16-8-13-22(30(25)28)20-9-2-1-3-10-20/h1-19H. The van der Waals surface area contributed by atoms with Crippen molar-refractivity contribution in [2.24, 2.45) is 0 Å². The molecule has 0 fully saturated rings. The summed E-state index contributed by atoms with van der Waals surface area (Å²) in [5.41, 5.74) is 13.1. The first-order chi connectivity index (χ1) is 15.8. The third kappa shape index (κ3) is 2.17. The molecule has 150 valence electrons. The number of halogens is 1. The maximum absolute atomic E-state index is 3.78. The molecule has 2 aliphatic carbocycles. The molecule has 0 amide bonds. The molecule has 0 N–H and O–H groups in total. The Morgan fingerprint density at radius 3 is 1.75 bits per heavy atom. The van der Waals surface area contributed by atoms with Crippen molar-refractivity contribution in [3.8, 4) is 33.4 Å². The maximum atomic E-state index is 3.78. The van der Waals surface area contributed by atoms with Crippen molar-refractivity contribution in [3.63, 3.8) is 0 Å². The van der Waals surface area contributed by atoms with Gasteiger partial charge in [-0.1, -0.05) is 119 Å². The summed E-state index contributed by atoms with van der Waals surface area (Å²) in [5, 5.41) is 0. The molecule has 1 heteroatoms. The highest BCUT2D eigenvalue weighted by Crippen LogP contribution is 2.64. The maximum Gasteiger partial charge on any atom is 0.0726 e. The van der Waals surface area contributed by atoms with Crippen LogP contribution in [0.4, 0.5) is 0 Å². The molecule has 32 heavy (non-hydrogen) atoms. The van der Waals surface area contributed by atoms with Crippen LogP contribution in [0.5, 0.6) is 0 Å². The molecule has 2 aliphatic rings. The van der Waals surface area contributed by atoms with Gasteiger partial charge in [-0.05, 0) is 67.8 Å². The van der Waals surface area contributed by atoms with Gasteiger partial charge in [-0.2, -0.15) is 0 Å². The van der Waals surface area contributed by atoms with Crippen LogP contribution in [0, 0.1) is 0 Å². The summed E-state index contributed by atoms with van der Waals surface area (Å²) in [4.78, 5) is 0. The van der Waals surface area contributed by atoms with E-state index in [1.165, 1.54) is 55.6 Å². The van der Waals surface area contributed by atoms with Crippen molar-refractivity contribution in [1.82, 2.24) is 0 Å². The summed E-state index contributed by atoms with van der Waals surface area (Å²) in [6.45, 7) is 0. The van der Waals surface area contributed by atoms with E-state index < -0.39 is 0 Å². The van der Waals surface area contributed by atoms with Gasteiger partial charge < -0.3 is 0 Å². The van der Waals surface area contributed by atoms with E-state index in [1.54, 1.807) is 0 Å². The molecule has 0 saturated carbocycles. The molecule has 7 rings (SSSR count). The van der Waals surface area contributed by atoms with Crippen molar-refractivity contribution in [2.45, 2.75) is 5.41 Å². The van der Waals surface area contributed by atoms with Crippen LogP contribution in [0.3, 0.4) is 0 Å². The van der Waals surface area contributed by atoms with Gasteiger partial charge in [0.25, 0.3) is 0 Å². The third-order valence-electron chi connectivity index (χ3n) is 7.16. The Morgan fingerprint density at radius 1 is 0.438 bits per heavy atom. The quantitative estimate of drug-likeness (QED) is 0.225. The number of hydrogen-bond acceptors (Lipinski definition) is 0. The number of rotatable bonds is 1. The zero-order chi connectivity index (χ0) is 21.3. The molecule has 0 radical (unpaired) electrons. The highest BCUT2D eigenvalue weighted by atomic mass is 79.9. The van der Waals surface area contributed by atoms with Crippen LogP contribution in [0.15, 0.2) is 120 Å². The van der Waals surface area contributed by atoms with E-state index in [1.807, 2.05) is 0 Å². The van der Waals surface area contributed by atoms with Crippen molar-refractivity contribution in [2.75, 3.05) is 0 Å². The van der Waals surface area contributed by atoms with Crippen molar-refractivity contribution < 1.29 is 0 Å². The van der Waals surface area contributed by atoms with E-state index in [0.717, 1.165) is 4.47 Å². The molecule has 0 aliphatic heterocycles. The molecule has 0 heterocycles. The van der Waals surface area contributed by atoms with Crippen molar-refractivity contribution in [1.29, 1.82) is 0 Å². The lowest BCUT2D eigenvalue weighted by atomic mass is 9.70. The lowest BCUT2D eigenvalue weighted by molar-refractivity contribution is 0.793. The van der Waals surface area contributed by atoms with Crippen LogP contribution in [0.1, 0.15) is 22.3 Å². The smallest absolute Gasteiger partial charge is 0.0622 e. The first-order valence-electron chi connectivity index (χ1n) is 11.0. The first kappa shape index (κ1) is 18.2. The van der Waals surface area contributed by atoms with Crippen LogP contribution in [-0.4, -0.2) is 0 Å². The Hall–Kier alpha value is -3.42. The van der Waals surface area contributed by atoms with Gasteiger partial charge >= 0.3 is 0 Å². The number of benzene rings is 5. The van der Waals surface area contributed by atoms with Crippen LogP contribution in [-0.2, 0) is 5.41 Å². The molecule has 1 spiro atoms. The van der Waals surface area contributed by atoms with Gasteiger partial charge in [-0.25, -0.2) is 0 Å². The topological polar surface area (TPSA) is 0 Å². The third-order valence-corrected chi connectivity index (χ3v) is 7.65. The van der Waals surface area contributed by atoms with Crippen molar-refractivity contribution >= 4 is 15.9 Å². The van der Waals surface area contributed by atoms with E-state index in [4.69, 9.17) is 0 Å². The van der Waals surface area contributed by atoms with Crippen LogP contribution in [0.2, 0.25) is 0 Å². The summed E-state index contributed by atoms with van der Waals surface area (Å²) in [6, 6.07) is 42.3. The summed E-state index contributed by atoms with van der Waals surface area (Å²) < 4.78 is 1.12. The summed E-state index contributed by atoms with van der Waals surface area (Å²) >= 11 is 3.78. The largest absolute Gasteiger partial charge is 0.0726 e. The molecule has 0 bridgehead atoms. The SMILES string of the molecule is Brc1ccc2c(c1)C1(c3ccccc3-c3ccccc31)c1cccc(-c3ccccc3)c1-2. The summed E-state index contributed by atoms with van der Waals surface area (Å²) in [6.07, 6.45) is 0. The molecule has 0 aromatic heterocycles. The Bertz CT molecular complexity index is 1480. The number of fused-ring (bicyclic) bond motifs is 10. The fourth-order valence-electron chi connectivity index (χ4n) is 6.02. The van der Waals surface area contributed by atoms with E-state index in [9.17, 15) is 0 Å². The van der Waals surface area contributed by atoms with Gasteiger partial charge in [0, 0.05) is 4.47 Å². The Kier molecular flexibility index (Phi) is 3.72. The molecule has 5 aromatic rings. The second kappa shape index (κ2) is 6.54. The average Bonchev–Trinajstić information content (AvgIpc) is 3.31. The fourth-order valence-corrected chi connectivity index (χ4v) is 6.38. The molecule has 0 unspecified atom stereocenters. The van der Waals surface area contributed by atoms with Gasteiger partial charge in [0.2, 0.25) is 0 Å². The highest BCUT2D eigenvalue weighted by molar-refractivity contribution is 9.10. The zero-order valence-corrected chi connectivity index (χ0v) is 18.9. The lowest BCUT2D eigenvalue weighted by Crippen LogP contribution is -2.25. The van der Waals surface area contributed by atoms with E-state index >= 15 is 0 Å². The molecular weight excluding hydrogens is 452 g/mol.